The van der Waals surface area contributed by atoms with Crippen molar-refractivity contribution in [2.45, 2.75) is 59.2 Å². The zero-order valence-electron chi connectivity index (χ0n) is 12.2. The van der Waals surface area contributed by atoms with Crippen molar-refractivity contribution < 1.29 is 14.3 Å². The minimum Gasteiger partial charge on any atom is -0.468 e. The number of carbonyl (C=O) groups excluding carboxylic acids is 2. The number of rotatable bonds is 7. The highest BCUT2D eigenvalue weighted by atomic mass is 16.5. The summed E-state index contributed by atoms with van der Waals surface area (Å²) in [6.07, 6.45) is 0.645. The zero-order chi connectivity index (χ0) is 14.3. The molecule has 0 rings (SSSR count). The van der Waals surface area contributed by atoms with Crippen LogP contribution in [0.15, 0.2) is 0 Å². The highest BCUT2D eigenvalue weighted by Crippen LogP contribution is 2.07. The second kappa shape index (κ2) is 8.08. The van der Waals surface area contributed by atoms with Crippen LogP contribution in [-0.4, -0.2) is 37.1 Å². The van der Waals surface area contributed by atoms with E-state index >= 15 is 0 Å². The lowest BCUT2D eigenvalue weighted by Gasteiger charge is -2.23. The first-order valence-corrected chi connectivity index (χ1v) is 6.42. The van der Waals surface area contributed by atoms with Crippen LogP contribution in [0.3, 0.4) is 0 Å². The first-order valence-electron chi connectivity index (χ1n) is 6.42. The van der Waals surface area contributed by atoms with Crippen LogP contribution in [0.2, 0.25) is 0 Å². The molecule has 5 nitrogen and oxygen atoms in total. The lowest BCUT2D eigenvalue weighted by Crippen LogP contribution is -2.51. The second-order valence-electron chi connectivity index (χ2n) is 5.26. The minimum absolute atomic E-state index is 0.0865. The van der Waals surface area contributed by atoms with Crippen molar-refractivity contribution >= 4 is 11.9 Å². The topological polar surface area (TPSA) is 67.4 Å². The fourth-order valence-electron chi connectivity index (χ4n) is 1.63. The van der Waals surface area contributed by atoms with E-state index in [9.17, 15) is 9.59 Å². The van der Waals surface area contributed by atoms with Gasteiger partial charge in [-0.1, -0.05) is 13.8 Å². The van der Waals surface area contributed by atoms with E-state index in [4.69, 9.17) is 4.74 Å². The Labute approximate surface area is 110 Å². The van der Waals surface area contributed by atoms with Crippen LogP contribution < -0.4 is 10.6 Å². The Bertz CT molecular complexity index is 277. The lowest BCUT2D eigenvalue weighted by molar-refractivity contribution is -0.144. The Morgan fingerprint density at radius 3 is 2.06 bits per heavy atom. The number of carbonyl (C=O) groups is 2. The van der Waals surface area contributed by atoms with E-state index in [1.807, 2.05) is 27.7 Å². The molecule has 0 heterocycles. The SMILES string of the molecule is COC(=O)C(CC(C)C)NC(C)C(=O)NC(C)C. The Hall–Kier alpha value is -1.10. The van der Waals surface area contributed by atoms with Gasteiger partial charge in [-0.25, -0.2) is 0 Å². The molecule has 2 unspecified atom stereocenters. The molecule has 18 heavy (non-hydrogen) atoms. The maximum absolute atomic E-state index is 11.8. The van der Waals surface area contributed by atoms with Crippen molar-refractivity contribution in [1.29, 1.82) is 0 Å². The molecule has 0 spiro atoms. The smallest absolute Gasteiger partial charge is 0.322 e. The van der Waals surface area contributed by atoms with Gasteiger partial charge in [0.25, 0.3) is 0 Å². The Morgan fingerprint density at radius 1 is 1.11 bits per heavy atom. The van der Waals surface area contributed by atoms with Crippen molar-refractivity contribution in [3.63, 3.8) is 0 Å². The maximum atomic E-state index is 11.8. The molecular formula is C13H26N2O3. The summed E-state index contributed by atoms with van der Waals surface area (Å²) in [7, 11) is 1.36. The Kier molecular flexibility index (Phi) is 7.59. The van der Waals surface area contributed by atoms with Gasteiger partial charge in [-0.15, -0.1) is 0 Å². The summed E-state index contributed by atoms with van der Waals surface area (Å²) in [4.78, 5) is 23.4. The summed E-state index contributed by atoms with van der Waals surface area (Å²) >= 11 is 0. The van der Waals surface area contributed by atoms with Crippen molar-refractivity contribution in [2.75, 3.05) is 7.11 Å². The van der Waals surface area contributed by atoms with E-state index in [1.165, 1.54) is 7.11 Å². The van der Waals surface area contributed by atoms with Crippen molar-refractivity contribution in [3.05, 3.63) is 0 Å². The molecule has 0 saturated carbocycles. The van der Waals surface area contributed by atoms with Crippen LogP contribution in [0.1, 0.15) is 41.0 Å². The normalized spacial score (nSPS) is 14.4. The number of hydrogen-bond donors (Lipinski definition) is 2. The average Bonchev–Trinajstić information content (AvgIpc) is 2.25. The zero-order valence-corrected chi connectivity index (χ0v) is 12.2. The number of hydrogen-bond acceptors (Lipinski definition) is 4. The highest BCUT2D eigenvalue weighted by molar-refractivity contribution is 5.83. The van der Waals surface area contributed by atoms with E-state index in [2.05, 4.69) is 10.6 Å². The predicted molar refractivity (Wildman–Crippen MR) is 71.1 cm³/mol. The molecule has 0 aromatic carbocycles. The molecular weight excluding hydrogens is 232 g/mol. The number of methoxy groups -OCH3 is 1. The van der Waals surface area contributed by atoms with Crippen LogP contribution in [-0.2, 0) is 14.3 Å². The molecule has 0 aliphatic rings. The van der Waals surface area contributed by atoms with Gasteiger partial charge in [-0.05, 0) is 33.1 Å². The van der Waals surface area contributed by atoms with Crippen LogP contribution in [0.4, 0.5) is 0 Å². The van der Waals surface area contributed by atoms with Gasteiger partial charge >= 0.3 is 5.97 Å². The number of ether oxygens (including phenoxy) is 1. The third-order valence-corrected chi connectivity index (χ3v) is 2.47. The van der Waals surface area contributed by atoms with Gasteiger partial charge in [0.1, 0.15) is 6.04 Å². The summed E-state index contributed by atoms with van der Waals surface area (Å²) in [6, 6.07) is -0.776. The molecule has 0 saturated heterocycles. The molecule has 0 aromatic heterocycles. The summed E-state index contributed by atoms with van der Waals surface area (Å²) in [5, 5.41) is 5.82. The Balaban J connectivity index is 4.47. The molecule has 0 radical (unpaired) electrons. The number of nitrogens with one attached hydrogen (secondary N) is 2. The summed E-state index contributed by atoms with van der Waals surface area (Å²) in [5.74, 6) is -0.0856. The molecule has 2 atom stereocenters. The molecule has 2 N–H and O–H groups in total. The van der Waals surface area contributed by atoms with Gasteiger partial charge < -0.3 is 10.1 Å². The monoisotopic (exact) mass is 258 g/mol. The molecule has 0 aromatic rings. The number of amides is 1. The molecule has 106 valence electrons. The van der Waals surface area contributed by atoms with Crippen LogP contribution in [0.5, 0.6) is 0 Å². The van der Waals surface area contributed by atoms with Crippen LogP contribution in [0, 0.1) is 5.92 Å². The van der Waals surface area contributed by atoms with Crippen LogP contribution in [0.25, 0.3) is 0 Å². The highest BCUT2D eigenvalue weighted by Gasteiger charge is 2.25. The van der Waals surface area contributed by atoms with Gasteiger partial charge in [-0.3, -0.25) is 14.9 Å². The third kappa shape index (κ3) is 6.59. The Morgan fingerprint density at radius 2 is 1.67 bits per heavy atom. The van der Waals surface area contributed by atoms with Gasteiger partial charge in [0, 0.05) is 6.04 Å². The van der Waals surface area contributed by atoms with Gasteiger partial charge in [0.2, 0.25) is 5.91 Å². The summed E-state index contributed by atoms with van der Waals surface area (Å²) < 4.78 is 4.74. The molecule has 1 amide bonds. The predicted octanol–water partition coefficient (Wildman–Crippen LogP) is 1.08. The van der Waals surface area contributed by atoms with Crippen LogP contribution >= 0.6 is 0 Å². The van der Waals surface area contributed by atoms with Crippen molar-refractivity contribution in [1.82, 2.24) is 10.6 Å². The fourth-order valence-corrected chi connectivity index (χ4v) is 1.63. The van der Waals surface area contributed by atoms with Gasteiger partial charge in [0.15, 0.2) is 0 Å². The molecule has 5 heteroatoms. The van der Waals surface area contributed by atoms with E-state index < -0.39 is 12.1 Å². The molecule has 0 bridgehead atoms. The van der Waals surface area contributed by atoms with E-state index in [1.54, 1.807) is 6.92 Å². The molecule has 0 aliphatic carbocycles. The third-order valence-electron chi connectivity index (χ3n) is 2.47. The van der Waals surface area contributed by atoms with E-state index in [-0.39, 0.29) is 17.9 Å². The first-order chi connectivity index (χ1) is 8.27. The van der Waals surface area contributed by atoms with Gasteiger partial charge in [-0.2, -0.15) is 0 Å². The summed E-state index contributed by atoms with van der Waals surface area (Å²) in [6.45, 7) is 9.59. The van der Waals surface area contributed by atoms with E-state index in [0.29, 0.717) is 12.3 Å². The fraction of sp³-hybridized carbons (Fsp3) is 0.846. The minimum atomic E-state index is -0.442. The quantitative estimate of drug-likeness (QED) is 0.670. The van der Waals surface area contributed by atoms with Crippen molar-refractivity contribution in [3.8, 4) is 0 Å². The lowest BCUT2D eigenvalue weighted by atomic mass is 10.0. The summed E-state index contributed by atoms with van der Waals surface area (Å²) in [5.41, 5.74) is 0. The molecule has 0 fully saturated rings. The van der Waals surface area contributed by atoms with Crippen molar-refractivity contribution in [2.24, 2.45) is 5.92 Å². The average molecular weight is 258 g/mol. The second-order valence-corrected chi connectivity index (χ2v) is 5.26. The van der Waals surface area contributed by atoms with Gasteiger partial charge in [0.05, 0.1) is 13.2 Å². The molecule has 0 aliphatic heterocycles. The standard InChI is InChI=1S/C13H26N2O3/c1-8(2)7-11(13(17)18-6)15-10(5)12(16)14-9(3)4/h8-11,15H,7H2,1-6H3,(H,14,16). The first kappa shape index (κ1) is 16.9. The van der Waals surface area contributed by atoms with E-state index in [0.717, 1.165) is 0 Å². The number of esters is 1. The largest absolute Gasteiger partial charge is 0.468 e. The maximum Gasteiger partial charge on any atom is 0.322 e.